The highest BCUT2D eigenvalue weighted by Gasteiger charge is 2.11. The summed E-state index contributed by atoms with van der Waals surface area (Å²) in [4.78, 5) is 11.8. The molecule has 0 radical (unpaired) electrons. The summed E-state index contributed by atoms with van der Waals surface area (Å²) in [5, 5.41) is 4.26. The lowest BCUT2D eigenvalue weighted by atomic mass is 10.2. The van der Waals surface area contributed by atoms with Crippen molar-refractivity contribution in [2.24, 2.45) is 7.05 Å². The number of aryl methyl sites for hydroxylation is 2. The third-order valence-electron chi connectivity index (χ3n) is 2.97. The number of carbonyl (C=O) groups is 1. The fourth-order valence-electron chi connectivity index (χ4n) is 1.77. The average Bonchev–Trinajstić information content (AvgIpc) is 2.79. The van der Waals surface area contributed by atoms with Crippen molar-refractivity contribution < 1.29 is 13.9 Å². The van der Waals surface area contributed by atoms with Gasteiger partial charge in [0.25, 0.3) is 0 Å². The van der Waals surface area contributed by atoms with Crippen molar-refractivity contribution >= 4 is 11.7 Å². The Morgan fingerprint density at radius 1 is 1.45 bits per heavy atom. The van der Waals surface area contributed by atoms with Crippen LogP contribution in [0, 0.1) is 5.82 Å². The van der Waals surface area contributed by atoms with Crippen LogP contribution in [0.5, 0.6) is 0 Å². The number of ether oxygens (including phenoxy) is 1. The molecule has 1 aromatic carbocycles. The number of nitrogens with zero attached hydrogens (tertiary/aromatic N) is 2. The highest BCUT2D eigenvalue weighted by molar-refractivity contribution is 5.90. The average molecular weight is 277 g/mol. The van der Waals surface area contributed by atoms with Crippen molar-refractivity contribution in [1.29, 1.82) is 0 Å². The van der Waals surface area contributed by atoms with Crippen molar-refractivity contribution in [3.63, 3.8) is 0 Å². The van der Waals surface area contributed by atoms with Gasteiger partial charge in [-0.1, -0.05) is 6.92 Å². The first-order valence-corrected chi connectivity index (χ1v) is 6.25. The zero-order chi connectivity index (χ0) is 14.7. The number of hydrogen-bond acceptors (Lipinski definition) is 4. The van der Waals surface area contributed by atoms with Gasteiger partial charge in [0.2, 0.25) is 0 Å². The molecular formula is C14H16FN3O2. The second-order valence-electron chi connectivity index (χ2n) is 4.42. The highest BCUT2D eigenvalue weighted by atomic mass is 19.1. The first-order chi connectivity index (χ1) is 9.51. The van der Waals surface area contributed by atoms with Crippen molar-refractivity contribution in [2.45, 2.75) is 20.0 Å². The zero-order valence-corrected chi connectivity index (χ0v) is 11.4. The lowest BCUT2D eigenvalue weighted by molar-refractivity contribution is 0.0463. The summed E-state index contributed by atoms with van der Waals surface area (Å²) in [5.41, 5.74) is 7.29. The van der Waals surface area contributed by atoms with E-state index >= 15 is 0 Å². The van der Waals surface area contributed by atoms with Gasteiger partial charge in [0.15, 0.2) is 0 Å². The van der Waals surface area contributed by atoms with Crippen LogP contribution in [0.2, 0.25) is 0 Å². The van der Waals surface area contributed by atoms with E-state index < -0.39 is 11.8 Å². The lowest BCUT2D eigenvalue weighted by Crippen LogP contribution is -2.08. The second-order valence-corrected chi connectivity index (χ2v) is 4.42. The molecular weight excluding hydrogens is 261 g/mol. The van der Waals surface area contributed by atoms with E-state index in [0.29, 0.717) is 0 Å². The van der Waals surface area contributed by atoms with Gasteiger partial charge in [-0.25, -0.2) is 9.18 Å². The van der Waals surface area contributed by atoms with Crippen molar-refractivity contribution in [3.05, 3.63) is 47.0 Å². The van der Waals surface area contributed by atoms with Crippen LogP contribution in [0.15, 0.2) is 24.3 Å². The first-order valence-electron chi connectivity index (χ1n) is 6.25. The van der Waals surface area contributed by atoms with E-state index in [1.807, 2.05) is 13.0 Å². The SMILES string of the molecule is CCc1cc(COC(=O)c2ccc(F)c(N)c2)n(C)n1. The molecule has 0 amide bonds. The van der Waals surface area contributed by atoms with E-state index in [1.54, 1.807) is 11.7 Å². The molecule has 0 aliphatic heterocycles. The van der Waals surface area contributed by atoms with Gasteiger partial charge in [0, 0.05) is 7.05 Å². The van der Waals surface area contributed by atoms with E-state index in [1.165, 1.54) is 12.1 Å². The number of hydrogen-bond donors (Lipinski definition) is 1. The second kappa shape index (κ2) is 5.73. The first kappa shape index (κ1) is 14.0. The van der Waals surface area contributed by atoms with Crippen LogP contribution in [0.4, 0.5) is 10.1 Å². The Morgan fingerprint density at radius 3 is 2.80 bits per heavy atom. The maximum atomic E-state index is 13.0. The summed E-state index contributed by atoms with van der Waals surface area (Å²) in [6, 6.07) is 5.63. The minimum atomic E-state index is -0.555. The van der Waals surface area contributed by atoms with Gasteiger partial charge in [-0.3, -0.25) is 4.68 Å². The molecule has 2 aromatic rings. The number of anilines is 1. The van der Waals surface area contributed by atoms with Gasteiger partial charge in [0.05, 0.1) is 22.6 Å². The van der Waals surface area contributed by atoms with Crippen LogP contribution in [-0.4, -0.2) is 15.7 Å². The fourth-order valence-corrected chi connectivity index (χ4v) is 1.77. The lowest BCUT2D eigenvalue weighted by Gasteiger charge is -2.06. The zero-order valence-electron chi connectivity index (χ0n) is 11.4. The molecule has 106 valence electrons. The monoisotopic (exact) mass is 277 g/mol. The normalized spacial score (nSPS) is 10.6. The molecule has 2 rings (SSSR count). The minimum Gasteiger partial charge on any atom is -0.456 e. The molecule has 0 saturated heterocycles. The Labute approximate surface area is 116 Å². The molecule has 6 heteroatoms. The maximum absolute atomic E-state index is 13.0. The van der Waals surface area contributed by atoms with E-state index in [9.17, 15) is 9.18 Å². The highest BCUT2D eigenvalue weighted by Crippen LogP contribution is 2.14. The molecule has 0 aliphatic rings. The molecule has 0 unspecified atom stereocenters. The summed E-state index contributed by atoms with van der Waals surface area (Å²) >= 11 is 0. The van der Waals surface area contributed by atoms with Crippen LogP contribution in [0.1, 0.15) is 28.7 Å². The molecule has 0 saturated carbocycles. The van der Waals surface area contributed by atoms with Gasteiger partial charge >= 0.3 is 5.97 Å². The van der Waals surface area contributed by atoms with Crippen LogP contribution < -0.4 is 5.73 Å². The Bertz CT molecular complexity index is 637. The van der Waals surface area contributed by atoms with Crippen molar-refractivity contribution in [1.82, 2.24) is 9.78 Å². The van der Waals surface area contributed by atoms with Gasteiger partial charge in [-0.05, 0) is 30.7 Å². The van der Waals surface area contributed by atoms with E-state index in [0.717, 1.165) is 23.9 Å². The Kier molecular flexibility index (Phi) is 4.02. The molecule has 1 aromatic heterocycles. The van der Waals surface area contributed by atoms with Gasteiger partial charge in [-0.15, -0.1) is 0 Å². The van der Waals surface area contributed by atoms with Crippen LogP contribution in [-0.2, 0) is 24.8 Å². The molecule has 0 atom stereocenters. The number of rotatable bonds is 4. The van der Waals surface area contributed by atoms with Crippen LogP contribution >= 0.6 is 0 Å². The van der Waals surface area contributed by atoms with Crippen LogP contribution in [0.25, 0.3) is 0 Å². The largest absolute Gasteiger partial charge is 0.456 e. The van der Waals surface area contributed by atoms with Gasteiger partial charge in [0.1, 0.15) is 12.4 Å². The third-order valence-corrected chi connectivity index (χ3v) is 2.97. The summed E-state index contributed by atoms with van der Waals surface area (Å²) in [5.74, 6) is -1.10. The maximum Gasteiger partial charge on any atom is 0.338 e. The Hall–Kier alpha value is -2.37. The van der Waals surface area contributed by atoms with E-state index in [4.69, 9.17) is 10.5 Å². The molecule has 0 fully saturated rings. The van der Waals surface area contributed by atoms with E-state index in [2.05, 4.69) is 5.10 Å². The number of aromatic nitrogens is 2. The minimum absolute atomic E-state index is 0.0757. The molecule has 20 heavy (non-hydrogen) atoms. The fraction of sp³-hybridized carbons (Fsp3) is 0.286. The Balaban J connectivity index is 2.04. The third kappa shape index (κ3) is 2.96. The molecule has 5 nitrogen and oxygen atoms in total. The van der Waals surface area contributed by atoms with Gasteiger partial charge in [-0.2, -0.15) is 5.10 Å². The standard InChI is InChI=1S/C14H16FN3O2/c1-3-10-7-11(18(2)17-10)8-20-14(19)9-4-5-12(15)13(16)6-9/h4-7H,3,8,16H2,1-2H3. The summed E-state index contributed by atoms with van der Waals surface area (Å²) in [7, 11) is 1.79. The predicted molar refractivity (Wildman–Crippen MR) is 72.5 cm³/mol. The molecule has 0 spiro atoms. The number of halogens is 1. The molecule has 2 N–H and O–H groups in total. The molecule has 0 aliphatic carbocycles. The molecule has 0 bridgehead atoms. The van der Waals surface area contributed by atoms with Crippen LogP contribution in [0.3, 0.4) is 0 Å². The van der Waals surface area contributed by atoms with E-state index in [-0.39, 0.29) is 17.9 Å². The number of nitrogens with two attached hydrogens (primary N) is 1. The topological polar surface area (TPSA) is 70.1 Å². The van der Waals surface area contributed by atoms with Gasteiger partial charge < -0.3 is 10.5 Å². The summed E-state index contributed by atoms with van der Waals surface area (Å²) in [6.45, 7) is 2.11. The predicted octanol–water partition coefficient (Wildman–Crippen LogP) is 2.06. The van der Waals surface area contributed by atoms with Crippen molar-refractivity contribution in [3.8, 4) is 0 Å². The molecule has 1 heterocycles. The number of carbonyl (C=O) groups excluding carboxylic acids is 1. The van der Waals surface area contributed by atoms with Crippen molar-refractivity contribution in [2.75, 3.05) is 5.73 Å². The summed E-state index contributed by atoms with van der Waals surface area (Å²) in [6.07, 6.45) is 0.816. The Morgan fingerprint density at radius 2 is 2.20 bits per heavy atom. The smallest absolute Gasteiger partial charge is 0.338 e. The number of esters is 1. The quantitative estimate of drug-likeness (QED) is 0.686. The number of benzene rings is 1. The summed E-state index contributed by atoms with van der Waals surface area (Å²) < 4.78 is 19.9. The number of nitrogen functional groups attached to an aromatic ring is 1.